The predicted octanol–water partition coefficient (Wildman–Crippen LogP) is 3.70. The molecular formula is C14H23N. The van der Waals surface area contributed by atoms with Crippen LogP contribution in [0.1, 0.15) is 51.0 Å². The zero-order chi connectivity index (χ0) is 11.1. The topological polar surface area (TPSA) is 26.0 Å². The molecule has 2 rings (SSSR count). The van der Waals surface area contributed by atoms with Crippen molar-refractivity contribution in [2.75, 3.05) is 0 Å². The molecule has 0 spiro atoms. The van der Waals surface area contributed by atoms with Crippen LogP contribution in [0.4, 0.5) is 0 Å². The van der Waals surface area contributed by atoms with Crippen LogP contribution in [0.25, 0.3) is 0 Å². The summed E-state index contributed by atoms with van der Waals surface area (Å²) in [5.74, 6) is 0.606. The highest BCUT2D eigenvalue weighted by molar-refractivity contribution is 5.21. The van der Waals surface area contributed by atoms with Crippen LogP contribution >= 0.6 is 0 Å². The standard InChI is InChI=1S/C12H17N.C2H6/c13-12-9-5-4-8-11(12)10-6-2-1-3-7-10;1-2/h1-3,6-7,11-12H,4-5,8-9,13H2;1-2H3/t11-,12+;/m1./s1. The molecule has 0 bridgehead atoms. The summed E-state index contributed by atoms with van der Waals surface area (Å²) in [4.78, 5) is 0. The summed E-state index contributed by atoms with van der Waals surface area (Å²) >= 11 is 0. The summed E-state index contributed by atoms with van der Waals surface area (Å²) in [7, 11) is 0. The molecule has 2 N–H and O–H groups in total. The molecule has 1 aromatic rings. The van der Waals surface area contributed by atoms with Crippen molar-refractivity contribution < 1.29 is 0 Å². The Morgan fingerprint density at radius 2 is 1.60 bits per heavy atom. The highest BCUT2D eigenvalue weighted by Gasteiger charge is 2.22. The third-order valence-electron chi connectivity index (χ3n) is 3.05. The van der Waals surface area contributed by atoms with Gasteiger partial charge in [-0.3, -0.25) is 0 Å². The summed E-state index contributed by atoms with van der Waals surface area (Å²) in [6.45, 7) is 4.00. The molecule has 1 heteroatoms. The average molecular weight is 205 g/mol. The lowest BCUT2D eigenvalue weighted by Crippen LogP contribution is -2.31. The molecule has 0 heterocycles. The van der Waals surface area contributed by atoms with Crippen LogP contribution in [0.5, 0.6) is 0 Å². The molecule has 2 atom stereocenters. The van der Waals surface area contributed by atoms with Crippen LogP contribution in [0, 0.1) is 0 Å². The van der Waals surface area contributed by atoms with E-state index in [0.717, 1.165) is 0 Å². The second-order valence-corrected chi connectivity index (χ2v) is 3.97. The van der Waals surface area contributed by atoms with Crippen LogP contribution in [0.2, 0.25) is 0 Å². The number of benzene rings is 1. The van der Waals surface area contributed by atoms with E-state index in [-0.39, 0.29) is 0 Å². The molecule has 15 heavy (non-hydrogen) atoms. The van der Waals surface area contributed by atoms with E-state index < -0.39 is 0 Å². The quantitative estimate of drug-likeness (QED) is 0.743. The van der Waals surface area contributed by atoms with Gasteiger partial charge in [-0.25, -0.2) is 0 Å². The Hall–Kier alpha value is -0.820. The highest BCUT2D eigenvalue weighted by Crippen LogP contribution is 2.31. The molecule has 1 nitrogen and oxygen atoms in total. The van der Waals surface area contributed by atoms with E-state index in [9.17, 15) is 0 Å². The minimum atomic E-state index is 0.385. The van der Waals surface area contributed by atoms with Crippen LogP contribution in [-0.4, -0.2) is 6.04 Å². The van der Waals surface area contributed by atoms with Crippen molar-refractivity contribution in [2.45, 2.75) is 51.5 Å². The zero-order valence-corrected chi connectivity index (χ0v) is 9.95. The number of rotatable bonds is 1. The molecule has 0 aromatic heterocycles. The van der Waals surface area contributed by atoms with Gasteiger partial charge < -0.3 is 5.73 Å². The molecule has 1 fully saturated rings. The molecule has 84 valence electrons. The van der Waals surface area contributed by atoms with E-state index in [1.807, 2.05) is 13.8 Å². The van der Waals surface area contributed by atoms with Gasteiger partial charge in [-0.1, -0.05) is 57.0 Å². The van der Waals surface area contributed by atoms with E-state index in [0.29, 0.717) is 12.0 Å². The van der Waals surface area contributed by atoms with Crippen molar-refractivity contribution in [1.29, 1.82) is 0 Å². The lowest BCUT2D eigenvalue weighted by Gasteiger charge is -2.28. The first-order chi connectivity index (χ1) is 7.38. The van der Waals surface area contributed by atoms with E-state index >= 15 is 0 Å². The zero-order valence-electron chi connectivity index (χ0n) is 9.95. The van der Waals surface area contributed by atoms with Gasteiger partial charge in [0.15, 0.2) is 0 Å². The fourth-order valence-electron chi connectivity index (χ4n) is 2.27. The minimum absolute atomic E-state index is 0.385. The van der Waals surface area contributed by atoms with E-state index in [2.05, 4.69) is 30.3 Å². The van der Waals surface area contributed by atoms with Crippen molar-refractivity contribution >= 4 is 0 Å². The average Bonchev–Trinajstić information content (AvgIpc) is 2.33. The highest BCUT2D eigenvalue weighted by atomic mass is 14.7. The maximum Gasteiger partial charge on any atom is 0.0108 e. The lowest BCUT2D eigenvalue weighted by atomic mass is 9.80. The SMILES string of the molecule is CC.N[C@H]1CCCC[C@@H]1c1ccccc1. The van der Waals surface area contributed by atoms with E-state index in [1.54, 1.807) is 0 Å². The van der Waals surface area contributed by atoms with Crippen molar-refractivity contribution in [3.8, 4) is 0 Å². The Labute approximate surface area is 93.7 Å². The van der Waals surface area contributed by atoms with Gasteiger partial charge in [-0.05, 0) is 24.3 Å². The van der Waals surface area contributed by atoms with Crippen LogP contribution in [0.3, 0.4) is 0 Å². The van der Waals surface area contributed by atoms with Crippen molar-refractivity contribution in [2.24, 2.45) is 5.73 Å². The van der Waals surface area contributed by atoms with Gasteiger partial charge in [0.1, 0.15) is 0 Å². The molecule has 0 radical (unpaired) electrons. The first kappa shape index (κ1) is 12.3. The van der Waals surface area contributed by atoms with Crippen LogP contribution < -0.4 is 5.73 Å². The summed E-state index contributed by atoms with van der Waals surface area (Å²) in [6, 6.07) is 11.1. The molecule has 1 aliphatic rings. The largest absolute Gasteiger partial charge is 0.327 e. The Kier molecular flexibility index (Phi) is 5.41. The summed E-state index contributed by atoms with van der Waals surface area (Å²) in [5, 5.41) is 0. The van der Waals surface area contributed by atoms with Crippen LogP contribution in [0.15, 0.2) is 30.3 Å². The summed E-state index contributed by atoms with van der Waals surface area (Å²) in [5.41, 5.74) is 7.54. The Morgan fingerprint density at radius 3 is 2.20 bits per heavy atom. The van der Waals surface area contributed by atoms with Crippen molar-refractivity contribution in [3.63, 3.8) is 0 Å². The second-order valence-electron chi connectivity index (χ2n) is 3.97. The van der Waals surface area contributed by atoms with Crippen molar-refractivity contribution in [3.05, 3.63) is 35.9 Å². The first-order valence-electron chi connectivity index (χ1n) is 6.18. The molecule has 0 unspecified atom stereocenters. The molecule has 1 saturated carbocycles. The first-order valence-corrected chi connectivity index (χ1v) is 6.18. The molecule has 0 amide bonds. The smallest absolute Gasteiger partial charge is 0.0108 e. The Bertz CT molecular complexity index is 255. The molecule has 1 aliphatic carbocycles. The molecule has 0 saturated heterocycles. The number of hydrogen-bond acceptors (Lipinski definition) is 1. The molecule has 0 aliphatic heterocycles. The fraction of sp³-hybridized carbons (Fsp3) is 0.571. The second kappa shape index (κ2) is 6.62. The molecule has 1 aromatic carbocycles. The van der Waals surface area contributed by atoms with Gasteiger partial charge in [0.05, 0.1) is 0 Å². The van der Waals surface area contributed by atoms with Gasteiger partial charge in [-0.2, -0.15) is 0 Å². The van der Waals surface area contributed by atoms with Gasteiger partial charge in [0.2, 0.25) is 0 Å². The predicted molar refractivity (Wildman–Crippen MR) is 67.0 cm³/mol. The third kappa shape index (κ3) is 3.35. The summed E-state index contributed by atoms with van der Waals surface area (Å²) < 4.78 is 0. The van der Waals surface area contributed by atoms with Gasteiger partial charge in [-0.15, -0.1) is 0 Å². The summed E-state index contributed by atoms with van der Waals surface area (Å²) in [6.07, 6.45) is 5.11. The maximum atomic E-state index is 6.11. The monoisotopic (exact) mass is 205 g/mol. The minimum Gasteiger partial charge on any atom is -0.327 e. The van der Waals surface area contributed by atoms with E-state index in [1.165, 1.54) is 31.2 Å². The van der Waals surface area contributed by atoms with Crippen molar-refractivity contribution in [1.82, 2.24) is 0 Å². The number of nitrogens with two attached hydrogens (primary N) is 1. The number of hydrogen-bond donors (Lipinski definition) is 1. The normalized spacial score (nSPS) is 25.3. The van der Waals surface area contributed by atoms with Crippen LogP contribution in [-0.2, 0) is 0 Å². The van der Waals surface area contributed by atoms with Gasteiger partial charge in [0, 0.05) is 6.04 Å². The van der Waals surface area contributed by atoms with Gasteiger partial charge >= 0.3 is 0 Å². The lowest BCUT2D eigenvalue weighted by molar-refractivity contribution is 0.385. The fourth-order valence-corrected chi connectivity index (χ4v) is 2.27. The maximum absolute atomic E-state index is 6.11. The third-order valence-corrected chi connectivity index (χ3v) is 3.05. The Morgan fingerprint density at radius 1 is 1.00 bits per heavy atom. The molecular weight excluding hydrogens is 182 g/mol. The Balaban J connectivity index is 0.000000531. The van der Waals surface area contributed by atoms with E-state index in [4.69, 9.17) is 5.73 Å². The van der Waals surface area contributed by atoms with Gasteiger partial charge in [0.25, 0.3) is 0 Å².